The molecule has 0 fully saturated rings. The molecule has 6 heteroatoms. The van der Waals surface area contributed by atoms with Gasteiger partial charge in [0.15, 0.2) is 5.82 Å². The zero-order chi connectivity index (χ0) is 7.68. The van der Waals surface area contributed by atoms with Crippen molar-refractivity contribution in [2.24, 2.45) is 0 Å². The standard InChI is InChI=1S/C5H5N5O/c11-5-1-2-10(8-5)4-3-6-9-7-4/h1-3H,(H,8,11)(H,6,7,9). The Morgan fingerprint density at radius 1 is 1.55 bits per heavy atom. The number of aromatic amines is 2. The zero-order valence-corrected chi connectivity index (χ0v) is 5.48. The van der Waals surface area contributed by atoms with Crippen LogP contribution in [0.25, 0.3) is 5.82 Å². The van der Waals surface area contributed by atoms with Crippen LogP contribution in [-0.2, 0) is 0 Å². The van der Waals surface area contributed by atoms with Crippen molar-refractivity contribution in [3.05, 3.63) is 28.8 Å². The van der Waals surface area contributed by atoms with Gasteiger partial charge in [-0.05, 0) is 0 Å². The number of nitrogens with zero attached hydrogens (tertiary/aromatic N) is 3. The maximum atomic E-state index is 10.7. The fourth-order valence-electron chi connectivity index (χ4n) is 0.781. The zero-order valence-electron chi connectivity index (χ0n) is 5.48. The van der Waals surface area contributed by atoms with Gasteiger partial charge >= 0.3 is 0 Å². The van der Waals surface area contributed by atoms with E-state index < -0.39 is 0 Å². The molecular formula is C5H5N5O. The lowest BCUT2D eigenvalue weighted by Gasteiger charge is -1.90. The van der Waals surface area contributed by atoms with Crippen molar-refractivity contribution in [2.75, 3.05) is 0 Å². The molecule has 0 radical (unpaired) electrons. The third-order valence-electron chi connectivity index (χ3n) is 1.25. The van der Waals surface area contributed by atoms with Crippen molar-refractivity contribution in [3.63, 3.8) is 0 Å². The summed E-state index contributed by atoms with van der Waals surface area (Å²) < 4.78 is 1.48. The molecule has 0 saturated carbocycles. The van der Waals surface area contributed by atoms with Gasteiger partial charge in [0.05, 0.1) is 6.20 Å². The van der Waals surface area contributed by atoms with Crippen LogP contribution in [0, 0.1) is 0 Å². The minimum Gasteiger partial charge on any atom is -0.268 e. The molecule has 11 heavy (non-hydrogen) atoms. The number of aromatic nitrogens is 5. The van der Waals surface area contributed by atoms with Crippen molar-refractivity contribution < 1.29 is 0 Å². The first-order valence-corrected chi connectivity index (χ1v) is 3.00. The van der Waals surface area contributed by atoms with Crippen molar-refractivity contribution in [2.45, 2.75) is 0 Å². The predicted molar refractivity (Wildman–Crippen MR) is 36.3 cm³/mol. The maximum Gasteiger partial charge on any atom is 0.264 e. The van der Waals surface area contributed by atoms with Gasteiger partial charge in [0.1, 0.15) is 0 Å². The highest BCUT2D eigenvalue weighted by Gasteiger charge is 1.96. The van der Waals surface area contributed by atoms with E-state index in [0.717, 1.165) is 0 Å². The summed E-state index contributed by atoms with van der Waals surface area (Å²) >= 11 is 0. The van der Waals surface area contributed by atoms with Gasteiger partial charge in [0.25, 0.3) is 5.56 Å². The first-order valence-electron chi connectivity index (χ1n) is 3.00. The Labute approximate surface area is 60.8 Å². The Bertz CT molecular complexity index is 383. The Hall–Kier alpha value is -1.85. The van der Waals surface area contributed by atoms with Crippen LogP contribution >= 0.6 is 0 Å². The second kappa shape index (κ2) is 2.08. The third-order valence-corrected chi connectivity index (χ3v) is 1.25. The normalized spacial score (nSPS) is 10.2. The van der Waals surface area contributed by atoms with Crippen LogP contribution in [0.15, 0.2) is 23.3 Å². The number of H-pyrrole nitrogens is 2. The summed E-state index contributed by atoms with van der Waals surface area (Å²) in [7, 11) is 0. The van der Waals surface area contributed by atoms with E-state index in [1.54, 1.807) is 6.20 Å². The summed E-state index contributed by atoms with van der Waals surface area (Å²) in [5, 5.41) is 12.3. The molecule has 0 spiro atoms. The van der Waals surface area contributed by atoms with Crippen molar-refractivity contribution in [1.82, 2.24) is 25.2 Å². The van der Waals surface area contributed by atoms with Crippen LogP contribution in [0.4, 0.5) is 0 Å². The molecule has 0 saturated heterocycles. The minimum absolute atomic E-state index is 0.159. The lowest BCUT2D eigenvalue weighted by atomic mass is 10.7. The van der Waals surface area contributed by atoms with Crippen LogP contribution in [0.1, 0.15) is 0 Å². The van der Waals surface area contributed by atoms with E-state index in [2.05, 4.69) is 20.5 Å². The Kier molecular flexibility index (Phi) is 1.12. The van der Waals surface area contributed by atoms with E-state index in [9.17, 15) is 4.79 Å². The van der Waals surface area contributed by atoms with Gasteiger partial charge in [-0.25, -0.2) is 4.68 Å². The summed E-state index contributed by atoms with van der Waals surface area (Å²) in [6.07, 6.45) is 3.09. The Morgan fingerprint density at radius 3 is 3.00 bits per heavy atom. The van der Waals surface area contributed by atoms with Gasteiger partial charge in [-0.2, -0.15) is 10.3 Å². The Morgan fingerprint density at radius 2 is 2.45 bits per heavy atom. The molecule has 0 aliphatic rings. The molecule has 2 aromatic heterocycles. The van der Waals surface area contributed by atoms with Crippen molar-refractivity contribution in [1.29, 1.82) is 0 Å². The fraction of sp³-hybridized carbons (Fsp3) is 0. The van der Waals surface area contributed by atoms with Gasteiger partial charge < -0.3 is 0 Å². The van der Waals surface area contributed by atoms with Crippen LogP contribution in [-0.4, -0.2) is 25.2 Å². The average Bonchev–Trinajstić information content (AvgIpc) is 2.55. The van der Waals surface area contributed by atoms with Crippen molar-refractivity contribution in [3.8, 4) is 5.82 Å². The quantitative estimate of drug-likeness (QED) is 0.564. The molecule has 0 atom stereocenters. The molecule has 0 amide bonds. The summed E-state index contributed by atoms with van der Waals surface area (Å²) in [6.45, 7) is 0. The molecule has 0 aromatic carbocycles. The van der Waals surface area contributed by atoms with E-state index in [4.69, 9.17) is 0 Å². The molecular weight excluding hydrogens is 146 g/mol. The minimum atomic E-state index is -0.159. The predicted octanol–water partition coefficient (Wildman–Crippen LogP) is -0.716. The monoisotopic (exact) mass is 151 g/mol. The fourth-order valence-corrected chi connectivity index (χ4v) is 0.781. The number of hydrogen-bond donors (Lipinski definition) is 2. The summed E-state index contributed by atoms with van der Waals surface area (Å²) in [5.41, 5.74) is -0.159. The lowest BCUT2D eigenvalue weighted by Crippen LogP contribution is -2.03. The van der Waals surface area contributed by atoms with Crippen LogP contribution in [0.3, 0.4) is 0 Å². The highest BCUT2D eigenvalue weighted by Crippen LogP contribution is 1.93. The summed E-state index contributed by atoms with van der Waals surface area (Å²) in [4.78, 5) is 10.7. The second-order valence-electron chi connectivity index (χ2n) is 1.99. The van der Waals surface area contributed by atoms with E-state index in [1.165, 1.54) is 16.9 Å². The Balaban J connectivity index is 2.53. The lowest BCUT2D eigenvalue weighted by molar-refractivity contribution is 0.818. The van der Waals surface area contributed by atoms with Gasteiger partial charge in [0.2, 0.25) is 0 Å². The molecule has 56 valence electrons. The van der Waals surface area contributed by atoms with Gasteiger partial charge in [0, 0.05) is 12.3 Å². The maximum absolute atomic E-state index is 10.7. The first-order chi connectivity index (χ1) is 5.36. The van der Waals surface area contributed by atoms with E-state index in [-0.39, 0.29) is 5.56 Å². The van der Waals surface area contributed by atoms with Gasteiger partial charge in [-0.3, -0.25) is 9.89 Å². The van der Waals surface area contributed by atoms with E-state index in [1.807, 2.05) is 0 Å². The summed E-state index contributed by atoms with van der Waals surface area (Å²) in [6, 6.07) is 1.41. The van der Waals surface area contributed by atoms with Crippen LogP contribution in [0.5, 0.6) is 0 Å². The topological polar surface area (TPSA) is 79.4 Å². The highest BCUT2D eigenvalue weighted by molar-refractivity contribution is 5.12. The highest BCUT2D eigenvalue weighted by atomic mass is 16.1. The number of rotatable bonds is 1. The van der Waals surface area contributed by atoms with Crippen LogP contribution in [0.2, 0.25) is 0 Å². The molecule has 2 heterocycles. The van der Waals surface area contributed by atoms with E-state index in [0.29, 0.717) is 5.82 Å². The molecule has 6 nitrogen and oxygen atoms in total. The second-order valence-corrected chi connectivity index (χ2v) is 1.99. The molecule has 0 bridgehead atoms. The molecule has 2 aromatic rings. The first kappa shape index (κ1) is 5.90. The molecule has 2 rings (SSSR count). The van der Waals surface area contributed by atoms with Crippen LogP contribution < -0.4 is 5.56 Å². The molecule has 2 N–H and O–H groups in total. The van der Waals surface area contributed by atoms with E-state index >= 15 is 0 Å². The summed E-state index contributed by atoms with van der Waals surface area (Å²) in [5.74, 6) is 0.562. The van der Waals surface area contributed by atoms with Crippen molar-refractivity contribution >= 4 is 0 Å². The van der Waals surface area contributed by atoms with Gasteiger partial charge in [-0.1, -0.05) is 0 Å². The molecule has 0 unspecified atom stereocenters. The number of nitrogens with one attached hydrogen (secondary N) is 2. The largest absolute Gasteiger partial charge is 0.268 e. The van der Waals surface area contributed by atoms with Gasteiger partial charge in [-0.15, -0.1) is 5.10 Å². The molecule has 0 aliphatic carbocycles. The number of hydrogen-bond acceptors (Lipinski definition) is 3. The average molecular weight is 151 g/mol. The molecule has 0 aliphatic heterocycles. The SMILES string of the molecule is O=c1ccn(-c2cn[nH]n2)[nH]1. The smallest absolute Gasteiger partial charge is 0.264 e. The third kappa shape index (κ3) is 0.936.